The van der Waals surface area contributed by atoms with Gasteiger partial charge < -0.3 is 16.0 Å². The van der Waals surface area contributed by atoms with Crippen LogP contribution in [0.1, 0.15) is 23.0 Å². The third kappa shape index (κ3) is 4.83. The molecule has 8 heteroatoms. The van der Waals surface area contributed by atoms with Crippen molar-refractivity contribution in [1.29, 1.82) is 0 Å². The van der Waals surface area contributed by atoms with E-state index in [9.17, 15) is 9.59 Å². The van der Waals surface area contributed by atoms with Crippen LogP contribution >= 0.6 is 11.6 Å². The van der Waals surface area contributed by atoms with Gasteiger partial charge in [0, 0.05) is 29.0 Å². The van der Waals surface area contributed by atoms with Crippen LogP contribution in [-0.4, -0.2) is 22.0 Å². The lowest BCUT2D eigenvalue weighted by atomic mass is 10.2. The Balaban J connectivity index is 1.65. The van der Waals surface area contributed by atoms with Crippen molar-refractivity contribution in [3.63, 3.8) is 0 Å². The molecule has 1 aromatic heterocycles. The monoisotopic (exact) mass is 395 g/mol. The predicted octanol–water partition coefficient (Wildman–Crippen LogP) is 4.39. The van der Waals surface area contributed by atoms with Gasteiger partial charge in [-0.05, 0) is 61.0 Å². The maximum absolute atomic E-state index is 12.4. The summed E-state index contributed by atoms with van der Waals surface area (Å²) >= 11 is 6.07. The summed E-state index contributed by atoms with van der Waals surface area (Å²) in [5.74, 6) is -0.0137. The Bertz CT molecular complexity index is 1000. The molecule has 0 bridgehead atoms. The number of benzene rings is 2. The zero-order chi connectivity index (χ0) is 20.1. The molecule has 3 rings (SSSR count). The lowest BCUT2D eigenvalue weighted by Gasteiger charge is -2.09. The Morgan fingerprint density at radius 2 is 1.61 bits per heavy atom. The van der Waals surface area contributed by atoms with E-state index in [4.69, 9.17) is 11.6 Å². The quantitative estimate of drug-likeness (QED) is 0.595. The van der Waals surface area contributed by atoms with Crippen LogP contribution in [0.25, 0.3) is 0 Å². The van der Waals surface area contributed by atoms with E-state index in [1.165, 1.54) is 6.92 Å². The Morgan fingerprint density at radius 3 is 2.25 bits per heavy atom. The number of rotatable bonds is 5. The number of nitrogens with one attached hydrogen (secondary N) is 3. The zero-order valence-electron chi connectivity index (χ0n) is 15.3. The molecule has 0 radical (unpaired) electrons. The summed E-state index contributed by atoms with van der Waals surface area (Å²) in [6.07, 6.45) is 0. The number of aromatic nitrogens is 2. The van der Waals surface area contributed by atoms with Crippen LogP contribution in [0.4, 0.5) is 22.9 Å². The van der Waals surface area contributed by atoms with Gasteiger partial charge in [-0.1, -0.05) is 17.7 Å². The lowest BCUT2D eigenvalue weighted by Crippen LogP contribution is -2.15. The van der Waals surface area contributed by atoms with Gasteiger partial charge in [0.25, 0.3) is 5.91 Å². The molecule has 2 aromatic carbocycles. The largest absolute Gasteiger partial charge is 0.339 e. The lowest BCUT2D eigenvalue weighted by molar-refractivity contribution is -0.114. The third-order valence-electron chi connectivity index (χ3n) is 3.89. The van der Waals surface area contributed by atoms with Crippen LogP contribution < -0.4 is 16.0 Å². The minimum absolute atomic E-state index is 0.131. The van der Waals surface area contributed by atoms with Crippen LogP contribution in [0.5, 0.6) is 0 Å². The summed E-state index contributed by atoms with van der Waals surface area (Å²) in [4.78, 5) is 23.4. The number of nitrogens with zero attached hydrogens (tertiary/aromatic N) is 2. The van der Waals surface area contributed by atoms with E-state index in [2.05, 4.69) is 26.1 Å². The maximum Gasteiger partial charge on any atom is 0.276 e. The molecule has 28 heavy (non-hydrogen) atoms. The van der Waals surface area contributed by atoms with Gasteiger partial charge >= 0.3 is 0 Å². The number of carbonyl (C=O) groups excluding carboxylic acids is 2. The topological polar surface area (TPSA) is 96.0 Å². The van der Waals surface area contributed by atoms with Gasteiger partial charge in [0.1, 0.15) is 0 Å². The average molecular weight is 396 g/mol. The molecule has 0 spiro atoms. The number of anilines is 4. The fourth-order valence-electron chi connectivity index (χ4n) is 2.44. The minimum Gasteiger partial charge on any atom is -0.339 e. The Labute approximate surface area is 167 Å². The highest BCUT2D eigenvalue weighted by molar-refractivity contribution is 6.31. The molecule has 142 valence electrons. The summed E-state index contributed by atoms with van der Waals surface area (Å²) in [6.45, 7) is 3.28. The van der Waals surface area contributed by atoms with Crippen LogP contribution in [0, 0.1) is 6.92 Å². The minimum atomic E-state index is -0.371. The predicted molar refractivity (Wildman–Crippen MR) is 110 cm³/mol. The number of carbonyl (C=O) groups is 2. The summed E-state index contributed by atoms with van der Waals surface area (Å²) < 4.78 is 0. The van der Waals surface area contributed by atoms with Crippen molar-refractivity contribution in [3.05, 3.63) is 70.9 Å². The van der Waals surface area contributed by atoms with Crippen molar-refractivity contribution in [2.45, 2.75) is 13.8 Å². The van der Waals surface area contributed by atoms with Crippen molar-refractivity contribution in [2.24, 2.45) is 0 Å². The number of halogens is 1. The van der Waals surface area contributed by atoms with Gasteiger partial charge in [-0.3, -0.25) is 9.59 Å². The van der Waals surface area contributed by atoms with E-state index in [1.54, 1.807) is 54.6 Å². The molecule has 0 saturated heterocycles. The normalized spacial score (nSPS) is 10.2. The van der Waals surface area contributed by atoms with Gasteiger partial charge in [-0.25, -0.2) is 0 Å². The van der Waals surface area contributed by atoms with Crippen LogP contribution in [0.15, 0.2) is 54.6 Å². The molecule has 0 fully saturated rings. The van der Waals surface area contributed by atoms with Gasteiger partial charge in [0.05, 0.1) is 0 Å². The highest BCUT2D eigenvalue weighted by atomic mass is 35.5. The maximum atomic E-state index is 12.4. The molecule has 1 heterocycles. The molecular weight excluding hydrogens is 378 g/mol. The fourth-order valence-corrected chi connectivity index (χ4v) is 2.61. The second kappa shape index (κ2) is 8.49. The van der Waals surface area contributed by atoms with Crippen molar-refractivity contribution in [3.8, 4) is 0 Å². The molecule has 0 aliphatic rings. The standard InChI is InChI=1S/C20H18ClN5O2/c1-12-16(21)4-3-5-17(12)24-20(28)18-10-11-19(26-25-18)23-15-8-6-14(7-9-15)22-13(2)27/h3-11H,1-2H3,(H,22,27)(H,23,26)(H,24,28). The fraction of sp³-hybridized carbons (Fsp3) is 0.100. The molecule has 3 N–H and O–H groups in total. The Morgan fingerprint density at radius 1 is 0.893 bits per heavy atom. The highest BCUT2D eigenvalue weighted by Crippen LogP contribution is 2.23. The second-order valence-corrected chi connectivity index (χ2v) is 6.46. The van der Waals surface area contributed by atoms with E-state index in [0.29, 0.717) is 22.2 Å². The summed E-state index contributed by atoms with van der Waals surface area (Å²) in [7, 11) is 0. The van der Waals surface area contributed by atoms with Crippen molar-refractivity contribution in [2.75, 3.05) is 16.0 Å². The van der Waals surface area contributed by atoms with Crippen LogP contribution in [0.3, 0.4) is 0 Å². The molecule has 0 saturated carbocycles. The van der Waals surface area contributed by atoms with E-state index in [1.807, 2.05) is 6.92 Å². The first kappa shape index (κ1) is 19.3. The Hall–Kier alpha value is -3.45. The van der Waals surface area contributed by atoms with E-state index in [-0.39, 0.29) is 17.5 Å². The van der Waals surface area contributed by atoms with Gasteiger partial charge in [0.2, 0.25) is 5.91 Å². The van der Waals surface area contributed by atoms with E-state index < -0.39 is 0 Å². The molecule has 0 aliphatic carbocycles. The highest BCUT2D eigenvalue weighted by Gasteiger charge is 2.11. The van der Waals surface area contributed by atoms with Gasteiger partial charge in [-0.2, -0.15) is 0 Å². The third-order valence-corrected chi connectivity index (χ3v) is 4.30. The number of hydrogen-bond donors (Lipinski definition) is 3. The summed E-state index contributed by atoms with van der Waals surface area (Å²) in [6, 6.07) is 15.7. The van der Waals surface area contributed by atoms with Crippen molar-refractivity contribution >= 4 is 46.3 Å². The SMILES string of the molecule is CC(=O)Nc1ccc(Nc2ccc(C(=O)Nc3cccc(Cl)c3C)nn2)cc1. The van der Waals surface area contributed by atoms with Crippen molar-refractivity contribution in [1.82, 2.24) is 10.2 Å². The van der Waals surface area contributed by atoms with Crippen LogP contribution in [0.2, 0.25) is 5.02 Å². The number of amides is 2. The number of hydrogen-bond acceptors (Lipinski definition) is 5. The van der Waals surface area contributed by atoms with Gasteiger partial charge in [-0.15, -0.1) is 10.2 Å². The molecule has 3 aromatic rings. The molecule has 0 unspecified atom stereocenters. The average Bonchev–Trinajstić information content (AvgIpc) is 2.67. The van der Waals surface area contributed by atoms with E-state index in [0.717, 1.165) is 11.3 Å². The van der Waals surface area contributed by atoms with Crippen LogP contribution in [-0.2, 0) is 4.79 Å². The molecule has 0 atom stereocenters. The van der Waals surface area contributed by atoms with Crippen molar-refractivity contribution < 1.29 is 9.59 Å². The first-order valence-corrected chi connectivity index (χ1v) is 8.85. The summed E-state index contributed by atoms with van der Waals surface area (Å²) in [5.41, 5.74) is 3.07. The first-order chi connectivity index (χ1) is 13.4. The van der Waals surface area contributed by atoms with E-state index >= 15 is 0 Å². The van der Waals surface area contributed by atoms with Gasteiger partial charge in [0.15, 0.2) is 11.5 Å². The molecular formula is C20H18ClN5O2. The zero-order valence-corrected chi connectivity index (χ0v) is 16.0. The summed E-state index contributed by atoms with van der Waals surface area (Å²) in [5, 5.41) is 17.1. The smallest absolute Gasteiger partial charge is 0.276 e. The first-order valence-electron chi connectivity index (χ1n) is 8.47. The molecule has 0 aliphatic heterocycles. The Kier molecular flexibility index (Phi) is 5.86. The molecule has 2 amide bonds. The second-order valence-electron chi connectivity index (χ2n) is 6.05. The molecule has 7 nitrogen and oxygen atoms in total.